The molecule has 5 nitrogen and oxygen atoms in total. The summed E-state index contributed by atoms with van der Waals surface area (Å²) in [6.07, 6.45) is 5.34. The van der Waals surface area contributed by atoms with Crippen molar-refractivity contribution in [2.24, 2.45) is 11.7 Å². The lowest BCUT2D eigenvalue weighted by Crippen LogP contribution is -2.23. The second kappa shape index (κ2) is 7.11. The highest BCUT2D eigenvalue weighted by Gasteiger charge is 2.21. The van der Waals surface area contributed by atoms with Crippen molar-refractivity contribution in [1.82, 2.24) is 0 Å². The zero-order valence-electron chi connectivity index (χ0n) is 12.3. The van der Waals surface area contributed by atoms with Crippen LogP contribution in [0, 0.1) is 5.92 Å². The fraction of sp³-hybridized carbons (Fsp3) is 0.500. The number of hydrogen-bond donors (Lipinski definition) is 1. The van der Waals surface area contributed by atoms with Crippen LogP contribution in [-0.2, 0) is 4.79 Å². The number of nitrogens with two attached hydrogens (primary N) is 1. The number of benzene rings is 1. The largest absolute Gasteiger partial charge is 0.497 e. The Labute approximate surface area is 124 Å². The van der Waals surface area contributed by atoms with Crippen molar-refractivity contribution in [3.8, 4) is 11.5 Å². The molecule has 2 N–H and O–H groups in total. The Balaban J connectivity index is 2.00. The summed E-state index contributed by atoms with van der Waals surface area (Å²) in [6.45, 7) is 0.0238. The molecule has 5 heteroatoms. The summed E-state index contributed by atoms with van der Waals surface area (Å²) < 4.78 is 10.6. The van der Waals surface area contributed by atoms with Gasteiger partial charge in [0, 0.05) is 17.5 Å². The molecule has 0 aromatic heterocycles. The molecule has 0 radical (unpaired) electrons. The van der Waals surface area contributed by atoms with Gasteiger partial charge in [-0.05, 0) is 25.0 Å². The van der Waals surface area contributed by atoms with E-state index in [2.05, 4.69) is 0 Å². The molecule has 2 rings (SSSR count). The van der Waals surface area contributed by atoms with Gasteiger partial charge in [0.1, 0.15) is 18.1 Å². The van der Waals surface area contributed by atoms with Crippen molar-refractivity contribution in [3.05, 3.63) is 23.8 Å². The quantitative estimate of drug-likeness (QED) is 0.872. The predicted molar refractivity (Wildman–Crippen MR) is 78.6 cm³/mol. The molecule has 1 aromatic rings. The molecule has 114 valence electrons. The van der Waals surface area contributed by atoms with E-state index >= 15 is 0 Å². The fourth-order valence-corrected chi connectivity index (χ4v) is 2.61. The Hall–Kier alpha value is -2.04. The first-order valence-electron chi connectivity index (χ1n) is 7.24. The number of ether oxygens (including phenoxy) is 2. The number of rotatable bonds is 6. The summed E-state index contributed by atoms with van der Waals surface area (Å²) in [6, 6.07) is 4.71. The maximum atomic E-state index is 12.1. The summed E-state index contributed by atoms with van der Waals surface area (Å²) in [5.74, 6) is 0.578. The third-order valence-corrected chi connectivity index (χ3v) is 3.84. The highest BCUT2D eigenvalue weighted by molar-refractivity contribution is 5.93. The summed E-state index contributed by atoms with van der Waals surface area (Å²) in [4.78, 5) is 23.3. The highest BCUT2D eigenvalue weighted by atomic mass is 16.5. The Morgan fingerprint density at radius 2 is 1.81 bits per heavy atom. The van der Waals surface area contributed by atoms with Gasteiger partial charge in [0.15, 0.2) is 5.78 Å². The van der Waals surface area contributed by atoms with Crippen LogP contribution in [0.5, 0.6) is 11.5 Å². The van der Waals surface area contributed by atoms with Crippen LogP contribution in [0.3, 0.4) is 0 Å². The van der Waals surface area contributed by atoms with E-state index in [4.69, 9.17) is 15.2 Å². The Morgan fingerprint density at radius 3 is 2.43 bits per heavy atom. The molecule has 0 bridgehead atoms. The number of amides is 1. The third kappa shape index (κ3) is 4.21. The predicted octanol–water partition coefficient (Wildman–Crippen LogP) is 2.32. The van der Waals surface area contributed by atoms with Crippen LogP contribution in [0.4, 0.5) is 0 Å². The number of carbonyl (C=O) groups is 2. The molecular formula is C16H21NO4. The SMILES string of the molecule is COc1cc(OCC(=O)C2CCCCC2)cc(C(N)=O)c1. The van der Waals surface area contributed by atoms with Gasteiger partial charge in [-0.25, -0.2) is 0 Å². The number of methoxy groups -OCH3 is 1. The molecule has 1 aromatic carbocycles. The van der Waals surface area contributed by atoms with Crippen molar-refractivity contribution in [2.75, 3.05) is 13.7 Å². The number of Topliss-reactive ketones (excluding diaryl/α,β-unsaturated/α-hetero) is 1. The van der Waals surface area contributed by atoms with Crippen molar-refractivity contribution < 1.29 is 19.1 Å². The number of hydrogen-bond acceptors (Lipinski definition) is 4. The summed E-state index contributed by atoms with van der Waals surface area (Å²) in [5.41, 5.74) is 5.56. The normalized spacial score (nSPS) is 15.5. The fourth-order valence-electron chi connectivity index (χ4n) is 2.61. The van der Waals surface area contributed by atoms with E-state index in [1.807, 2.05) is 0 Å². The molecule has 0 spiro atoms. The van der Waals surface area contributed by atoms with E-state index in [1.54, 1.807) is 6.07 Å². The maximum absolute atomic E-state index is 12.1. The minimum absolute atomic E-state index is 0.0238. The zero-order valence-corrected chi connectivity index (χ0v) is 12.3. The van der Waals surface area contributed by atoms with E-state index in [-0.39, 0.29) is 18.3 Å². The standard InChI is InChI=1S/C16H21NO4/c1-20-13-7-12(16(17)19)8-14(9-13)21-10-15(18)11-5-3-2-4-6-11/h7-9,11H,2-6,10H2,1H3,(H2,17,19). The van der Waals surface area contributed by atoms with Gasteiger partial charge in [-0.15, -0.1) is 0 Å². The zero-order chi connectivity index (χ0) is 15.2. The first-order chi connectivity index (χ1) is 10.1. The second-order valence-corrected chi connectivity index (χ2v) is 5.35. The monoisotopic (exact) mass is 291 g/mol. The van der Waals surface area contributed by atoms with E-state index in [1.165, 1.54) is 25.7 Å². The second-order valence-electron chi connectivity index (χ2n) is 5.35. The van der Waals surface area contributed by atoms with Crippen molar-refractivity contribution >= 4 is 11.7 Å². The first-order valence-corrected chi connectivity index (χ1v) is 7.24. The van der Waals surface area contributed by atoms with E-state index in [0.717, 1.165) is 25.7 Å². The van der Waals surface area contributed by atoms with E-state index in [0.29, 0.717) is 17.1 Å². The van der Waals surface area contributed by atoms with Gasteiger partial charge in [0.05, 0.1) is 7.11 Å². The number of ketones is 1. The molecule has 1 amide bonds. The number of primary amides is 1. The summed E-state index contributed by atoms with van der Waals surface area (Å²) in [7, 11) is 1.50. The van der Waals surface area contributed by atoms with E-state index in [9.17, 15) is 9.59 Å². The Bertz CT molecular complexity index is 521. The average Bonchev–Trinajstić information content (AvgIpc) is 2.53. The van der Waals surface area contributed by atoms with Gasteiger partial charge in [0.2, 0.25) is 5.91 Å². The molecule has 0 atom stereocenters. The molecule has 1 fully saturated rings. The van der Waals surface area contributed by atoms with Gasteiger partial charge in [-0.2, -0.15) is 0 Å². The highest BCUT2D eigenvalue weighted by Crippen LogP contribution is 2.26. The summed E-state index contributed by atoms with van der Waals surface area (Å²) in [5, 5.41) is 0. The number of carbonyl (C=O) groups excluding carboxylic acids is 2. The molecule has 1 aliphatic rings. The van der Waals surface area contributed by atoms with Crippen molar-refractivity contribution in [2.45, 2.75) is 32.1 Å². The van der Waals surface area contributed by atoms with Crippen LogP contribution < -0.4 is 15.2 Å². The van der Waals surface area contributed by atoms with Crippen LogP contribution in [0.1, 0.15) is 42.5 Å². The average molecular weight is 291 g/mol. The van der Waals surface area contributed by atoms with Crippen molar-refractivity contribution in [1.29, 1.82) is 0 Å². The Morgan fingerprint density at radius 1 is 1.14 bits per heavy atom. The minimum Gasteiger partial charge on any atom is -0.497 e. The van der Waals surface area contributed by atoms with Gasteiger partial charge >= 0.3 is 0 Å². The van der Waals surface area contributed by atoms with Crippen LogP contribution >= 0.6 is 0 Å². The van der Waals surface area contributed by atoms with Crippen LogP contribution in [0.2, 0.25) is 0 Å². The lowest BCUT2D eigenvalue weighted by atomic mass is 9.86. The van der Waals surface area contributed by atoms with Gasteiger partial charge < -0.3 is 15.2 Å². The third-order valence-electron chi connectivity index (χ3n) is 3.84. The molecule has 0 unspecified atom stereocenters. The van der Waals surface area contributed by atoms with Crippen LogP contribution in [0.25, 0.3) is 0 Å². The first kappa shape index (κ1) is 15.4. The topological polar surface area (TPSA) is 78.6 Å². The van der Waals surface area contributed by atoms with Gasteiger partial charge in [0.25, 0.3) is 0 Å². The van der Waals surface area contributed by atoms with Crippen LogP contribution in [-0.4, -0.2) is 25.4 Å². The summed E-state index contributed by atoms with van der Waals surface area (Å²) >= 11 is 0. The molecule has 0 aliphatic heterocycles. The molecule has 0 saturated heterocycles. The smallest absolute Gasteiger partial charge is 0.248 e. The lowest BCUT2D eigenvalue weighted by molar-refractivity contribution is -0.125. The molecule has 21 heavy (non-hydrogen) atoms. The molecule has 0 heterocycles. The van der Waals surface area contributed by atoms with Crippen LogP contribution in [0.15, 0.2) is 18.2 Å². The maximum Gasteiger partial charge on any atom is 0.248 e. The van der Waals surface area contributed by atoms with Gasteiger partial charge in [-0.1, -0.05) is 19.3 Å². The minimum atomic E-state index is -0.558. The van der Waals surface area contributed by atoms with Crippen molar-refractivity contribution in [3.63, 3.8) is 0 Å². The van der Waals surface area contributed by atoms with E-state index < -0.39 is 5.91 Å². The van der Waals surface area contributed by atoms with Gasteiger partial charge in [-0.3, -0.25) is 9.59 Å². The Kier molecular flexibility index (Phi) is 5.20. The molecular weight excluding hydrogens is 270 g/mol. The molecule has 1 saturated carbocycles. The lowest BCUT2D eigenvalue weighted by Gasteiger charge is -2.20. The molecule has 1 aliphatic carbocycles.